The van der Waals surface area contributed by atoms with Gasteiger partial charge in [0.15, 0.2) is 0 Å². The summed E-state index contributed by atoms with van der Waals surface area (Å²) in [6, 6.07) is 6.25. The molecular formula is C15H17NS. The van der Waals surface area contributed by atoms with E-state index in [1.165, 1.54) is 16.1 Å². The number of rotatable bonds is 4. The molecule has 2 heteroatoms. The fourth-order valence-corrected chi connectivity index (χ4v) is 2.66. The first kappa shape index (κ1) is 11.9. The lowest BCUT2D eigenvalue weighted by Crippen LogP contribution is -1.89. The quantitative estimate of drug-likeness (QED) is 0.672. The lowest BCUT2D eigenvalue weighted by atomic mass is 10.1. The molecule has 0 bridgehead atoms. The van der Waals surface area contributed by atoms with Crippen LogP contribution in [0, 0.1) is 0 Å². The van der Waals surface area contributed by atoms with Gasteiger partial charge in [-0.25, -0.2) is 0 Å². The highest BCUT2D eigenvalue weighted by molar-refractivity contribution is 7.11. The minimum absolute atomic E-state index is 1.03. The molecule has 88 valence electrons. The Balaban J connectivity index is 2.41. The molecule has 0 atom stereocenters. The molecule has 17 heavy (non-hydrogen) atoms. The second kappa shape index (κ2) is 5.19. The zero-order chi connectivity index (χ0) is 12.3. The van der Waals surface area contributed by atoms with Crippen molar-refractivity contribution in [2.24, 2.45) is 0 Å². The van der Waals surface area contributed by atoms with Gasteiger partial charge in [0.05, 0.1) is 10.6 Å². The van der Waals surface area contributed by atoms with Crippen LogP contribution in [-0.4, -0.2) is 4.57 Å². The second-order valence-corrected chi connectivity index (χ2v) is 5.01. The SMILES string of the molecule is C=C(C)/C(=C/c1sccc1-n1cccc1)CC. The molecule has 0 amide bonds. The number of hydrogen-bond donors (Lipinski definition) is 0. The highest BCUT2D eigenvalue weighted by Crippen LogP contribution is 2.26. The summed E-state index contributed by atoms with van der Waals surface area (Å²) in [4.78, 5) is 1.29. The fraction of sp³-hybridized carbons (Fsp3) is 0.200. The Morgan fingerprint density at radius 2 is 2.12 bits per heavy atom. The molecule has 0 saturated heterocycles. The van der Waals surface area contributed by atoms with Crippen LogP contribution in [0.25, 0.3) is 11.8 Å². The summed E-state index contributed by atoms with van der Waals surface area (Å²) in [6.45, 7) is 8.27. The third-order valence-corrected chi connectivity index (χ3v) is 3.64. The summed E-state index contributed by atoms with van der Waals surface area (Å²) >= 11 is 1.77. The highest BCUT2D eigenvalue weighted by Gasteiger charge is 2.04. The molecule has 0 aliphatic carbocycles. The number of thiophene rings is 1. The van der Waals surface area contributed by atoms with E-state index in [0.717, 1.165) is 12.0 Å². The van der Waals surface area contributed by atoms with Gasteiger partial charge in [0.1, 0.15) is 0 Å². The molecule has 2 rings (SSSR count). The van der Waals surface area contributed by atoms with E-state index in [4.69, 9.17) is 0 Å². The van der Waals surface area contributed by atoms with Crippen LogP contribution in [0.5, 0.6) is 0 Å². The topological polar surface area (TPSA) is 4.93 Å². The van der Waals surface area contributed by atoms with Crippen LogP contribution < -0.4 is 0 Å². The van der Waals surface area contributed by atoms with Gasteiger partial charge in [0.2, 0.25) is 0 Å². The molecule has 0 saturated carbocycles. The van der Waals surface area contributed by atoms with Crippen molar-refractivity contribution in [1.82, 2.24) is 4.57 Å². The van der Waals surface area contributed by atoms with Crippen molar-refractivity contribution >= 4 is 17.4 Å². The zero-order valence-corrected chi connectivity index (χ0v) is 11.1. The molecule has 2 aromatic heterocycles. The van der Waals surface area contributed by atoms with Crippen molar-refractivity contribution in [2.45, 2.75) is 20.3 Å². The van der Waals surface area contributed by atoms with Crippen LogP contribution in [0.1, 0.15) is 25.1 Å². The molecule has 0 N–H and O–H groups in total. The maximum Gasteiger partial charge on any atom is 0.0630 e. The Morgan fingerprint density at radius 1 is 1.41 bits per heavy atom. The van der Waals surface area contributed by atoms with Crippen LogP contribution in [0.15, 0.2) is 53.7 Å². The molecule has 0 radical (unpaired) electrons. The van der Waals surface area contributed by atoms with Crippen molar-refractivity contribution < 1.29 is 0 Å². The molecule has 1 nitrogen and oxygen atoms in total. The van der Waals surface area contributed by atoms with E-state index in [9.17, 15) is 0 Å². The van der Waals surface area contributed by atoms with Gasteiger partial charge in [-0.2, -0.15) is 0 Å². The van der Waals surface area contributed by atoms with E-state index in [2.05, 4.69) is 54.9 Å². The largest absolute Gasteiger partial charge is 0.322 e. The lowest BCUT2D eigenvalue weighted by molar-refractivity contribution is 1.08. The predicted octanol–water partition coefficient (Wildman–Crippen LogP) is 4.91. The van der Waals surface area contributed by atoms with E-state index in [-0.39, 0.29) is 0 Å². The van der Waals surface area contributed by atoms with Crippen LogP contribution in [0.4, 0.5) is 0 Å². The van der Waals surface area contributed by atoms with Crippen molar-refractivity contribution in [3.05, 3.63) is 58.6 Å². The Labute approximate surface area is 107 Å². The van der Waals surface area contributed by atoms with E-state index >= 15 is 0 Å². The second-order valence-electron chi connectivity index (χ2n) is 4.06. The standard InChI is InChI=1S/C15H17NS/c1-4-13(12(2)3)11-15-14(7-10-17-15)16-8-5-6-9-16/h5-11H,2,4H2,1,3H3/b13-11+. The summed E-state index contributed by atoms with van der Waals surface area (Å²) in [6.07, 6.45) is 7.43. The molecule has 0 aromatic carbocycles. The van der Waals surface area contributed by atoms with Crippen LogP contribution in [0.2, 0.25) is 0 Å². The van der Waals surface area contributed by atoms with Crippen LogP contribution in [-0.2, 0) is 0 Å². The number of aromatic nitrogens is 1. The summed E-state index contributed by atoms with van der Waals surface area (Å²) in [5, 5.41) is 2.13. The summed E-state index contributed by atoms with van der Waals surface area (Å²) in [5.74, 6) is 0. The van der Waals surface area contributed by atoms with Crippen LogP contribution >= 0.6 is 11.3 Å². The third-order valence-electron chi connectivity index (χ3n) is 2.79. The molecular weight excluding hydrogens is 226 g/mol. The lowest BCUT2D eigenvalue weighted by Gasteiger charge is -2.05. The zero-order valence-electron chi connectivity index (χ0n) is 10.3. The van der Waals surface area contributed by atoms with Gasteiger partial charge in [0.25, 0.3) is 0 Å². The Hall–Kier alpha value is -1.54. The number of nitrogens with zero attached hydrogens (tertiary/aromatic N) is 1. The number of allylic oxidation sites excluding steroid dienone is 2. The normalized spacial score (nSPS) is 11.8. The van der Waals surface area contributed by atoms with Crippen molar-refractivity contribution in [1.29, 1.82) is 0 Å². The Morgan fingerprint density at radius 3 is 2.71 bits per heavy atom. The van der Waals surface area contributed by atoms with E-state index in [1.807, 2.05) is 12.1 Å². The third kappa shape index (κ3) is 2.59. The first-order valence-electron chi connectivity index (χ1n) is 5.79. The van der Waals surface area contributed by atoms with Crippen LogP contribution in [0.3, 0.4) is 0 Å². The van der Waals surface area contributed by atoms with E-state index < -0.39 is 0 Å². The minimum atomic E-state index is 1.03. The molecule has 0 fully saturated rings. The molecule has 2 aromatic rings. The minimum Gasteiger partial charge on any atom is -0.322 e. The van der Waals surface area contributed by atoms with Gasteiger partial charge in [-0.05, 0) is 48.6 Å². The van der Waals surface area contributed by atoms with E-state index in [1.54, 1.807) is 11.3 Å². The molecule has 2 heterocycles. The Bertz CT molecular complexity index is 529. The van der Waals surface area contributed by atoms with Gasteiger partial charge in [-0.1, -0.05) is 19.1 Å². The van der Waals surface area contributed by atoms with E-state index in [0.29, 0.717) is 0 Å². The fourth-order valence-electron chi connectivity index (χ4n) is 1.82. The summed E-state index contributed by atoms with van der Waals surface area (Å²) in [5.41, 5.74) is 3.72. The predicted molar refractivity (Wildman–Crippen MR) is 76.7 cm³/mol. The number of hydrogen-bond acceptors (Lipinski definition) is 1. The summed E-state index contributed by atoms with van der Waals surface area (Å²) in [7, 11) is 0. The van der Waals surface area contributed by atoms with Gasteiger partial charge in [-0.3, -0.25) is 0 Å². The molecule has 0 aliphatic heterocycles. The van der Waals surface area contributed by atoms with Gasteiger partial charge in [-0.15, -0.1) is 11.3 Å². The van der Waals surface area contributed by atoms with Gasteiger partial charge in [0, 0.05) is 12.4 Å². The highest BCUT2D eigenvalue weighted by atomic mass is 32.1. The average Bonchev–Trinajstić information content (AvgIpc) is 2.95. The molecule has 0 spiro atoms. The molecule has 0 unspecified atom stereocenters. The monoisotopic (exact) mass is 243 g/mol. The first-order valence-corrected chi connectivity index (χ1v) is 6.67. The van der Waals surface area contributed by atoms with Gasteiger partial charge >= 0.3 is 0 Å². The maximum absolute atomic E-state index is 4.03. The smallest absolute Gasteiger partial charge is 0.0630 e. The summed E-state index contributed by atoms with van der Waals surface area (Å²) < 4.78 is 2.15. The first-order chi connectivity index (χ1) is 8.22. The average molecular weight is 243 g/mol. The van der Waals surface area contributed by atoms with Crippen molar-refractivity contribution in [3.8, 4) is 5.69 Å². The Kier molecular flexibility index (Phi) is 3.64. The molecule has 0 aliphatic rings. The van der Waals surface area contributed by atoms with Gasteiger partial charge < -0.3 is 4.57 Å². The maximum atomic E-state index is 4.03. The van der Waals surface area contributed by atoms with Crippen molar-refractivity contribution in [2.75, 3.05) is 0 Å². The van der Waals surface area contributed by atoms with Crippen molar-refractivity contribution in [3.63, 3.8) is 0 Å².